The van der Waals surface area contributed by atoms with Crippen molar-refractivity contribution in [1.29, 1.82) is 0 Å². The smallest absolute Gasteiger partial charge is 0.225 e. The highest BCUT2D eigenvalue weighted by Gasteiger charge is 2.11. The van der Waals surface area contributed by atoms with Crippen molar-refractivity contribution in [3.8, 4) is 5.75 Å². The van der Waals surface area contributed by atoms with Gasteiger partial charge in [0.05, 0.1) is 6.61 Å². The summed E-state index contributed by atoms with van der Waals surface area (Å²) >= 11 is 0. The molecule has 1 fully saturated rings. The number of hydrogen-bond acceptors (Lipinski definition) is 3. The fraction of sp³-hybridized carbons (Fsp3) is 0.588. The number of hydrogen-bond donors (Lipinski definition) is 1. The molecule has 1 heterocycles. The number of nitrogens with one attached hydrogen (secondary N) is 1. The molecule has 1 aliphatic rings. The van der Waals surface area contributed by atoms with Gasteiger partial charge in [-0.2, -0.15) is 0 Å². The molecule has 0 bridgehead atoms. The number of carbonyl (C=O) groups excluding carboxylic acids is 1. The SMILES string of the molecule is CCCOc1ccc(NC(=O)CCN2CCCCC2)cc1.Cl. The molecule has 0 unspecified atom stereocenters. The quantitative estimate of drug-likeness (QED) is 0.830. The van der Waals surface area contributed by atoms with Gasteiger partial charge in [-0.05, 0) is 56.6 Å². The van der Waals surface area contributed by atoms with E-state index in [-0.39, 0.29) is 18.3 Å². The van der Waals surface area contributed by atoms with Crippen LogP contribution >= 0.6 is 12.4 Å². The van der Waals surface area contributed by atoms with E-state index >= 15 is 0 Å². The summed E-state index contributed by atoms with van der Waals surface area (Å²) in [5.41, 5.74) is 0.836. The van der Waals surface area contributed by atoms with Crippen molar-refractivity contribution < 1.29 is 9.53 Å². The van der Waals surface area contributed by atoms with Crippen molar-refractivity contribution in [2.45, 2.75) is 39.0 Å². The maximum atomic E-state index is 11.9. The Kier molecular flexibility index (Phi) is 8.94. The number of likely N-dealkylation sites (tertiary alicyclic amines) is 1. The monoisotopic (exact) mass is 326 g/mol. The zero-order chi connectivity index (χ0) is 14.9. The molecule has 0 atom stereocenters. The van der Waals surface area contributed by atoms with Gasteiger partial charge < -0.3 is 15.0 Å². The first-order valence-corrected chi connectivity index (χ1v) is 8.03. The molecule has 4 nitrogen and oxygen atoms in total. The van der Waals surface area contributed by atoms with Gasteiger partial charge in [-0.25, -0.2) is 0 Å². The molecule has 0 aliphatic carbocycles. The summed E-state index contributed by atoms with van der Waals surface area (Å²) < 4.78 is 5.52. The fourth-order valence-electron chi connectivity index (χ4n) is 2.52. The molecule has 1 aromatic carbocycles. The van der Waals surface area contributed by atoms with Crippen molar-refractivity contribution in [3.63, 3.8) is 0 Å². The Bertz CT molecular complexity index is 431. The topological polar surface area (TPSA) is 41.6 Å². The Morgan fingerprint density at radius 2 is 1.86 bits per heavy atom. The van der Waals surface area contributed by atoms with Crippen molar-refractivity contribution in [2.75, 3.05) is 31.6 Å². The minimum atomic E-state index is 0. The fourth-order valence-corrected chi connectivity index (χ4v) is 2.52. The number of ether oxygens (including phenoxy) is 1. The lowest BCUT2D eigenvalue weighted by atomic mass is 10.1. The van der Waals surface area contributed by atoms with Crippen LogP contribution in [0.3, 0.4) is 0 Å². The average molecular weight is 327 g/mol. The van der Waals surface area contributed by atoms with E-state index in [0.29, 0.717) is 6.42 Å². The Balaban J connectivity index is 0.00000242. The van der Waals surface area contributed by atoms with E-state index in [1.54, 1.807) is 0 Å². The minimum Gasteiger partial charge on any atom is -0.494 e. The second-order valence-corrected chi connectivity index (χ2v) is 5.57. The van der Waals surface area contributed by atoms with Crippen molar-refractivity contribution in [2.24, 2.45) is 0 Å². The molecule has 22 heavy (non-hydrogen) atoms. The molecule has 1 N–H and O–H groups in total. The van der Waals surface area contributed by atoms with E-state index in [4.69, 9.17) is 4.74 Å². The number of piperidine rings is 1. The predicted octanol–water partition coefficient (Wildman–Crippen LogP) is 3.71. The molecule has 0 aromatic heterocycles. The first kappa shape index (κ1) is 18.8. The van der Waals surface area contributed by atoms with Gasteiger partial charge in [-0.1, -0.05) is 13.3 Å². The second-order valence-electron chi connectivity index (χ2n) is 5.57. The Morgan fingerprint density at radius 3 is 2.50 bits per heavy atom. The Morgan fingerprint density at radius 1 is 1.18 bits per heavy atom. The summed E-state index contributed by atoms with van der Waals surface area (Å²) in [5, 5.41) is 2.94. The predicted molar refractivity (Wildman–Crippen MR) is 93.0 cm³/mol. The van der Waals surface area contributed by atoms with Crippen LogP contribution < -0.4 is 10.1 Å². The van der Waals surface area contributed by atoms with Gasteiger partial charge in [0.1, 0.15) is 5.75 Å². The zero-order valence-electron chi connectivity index (χ0n) is 13.3. The Hall–Kier alpha value is -1.26. The van der Waals surface area contributed by atoms with Crippen molar-refractivity contribution in [3.05, 3.63) is 24.3 Å². The third-order valence-corrected chi connectivity index (χ3v) is 3.71. The molecule has 1 amide bonds. The lowest BCUT2D eigenvalue weighted by molar-refractivity contribution is -0.116. The van der Waals surface area contributed by atoms with E-state index in [9.17, 15) is 4.79 Å². The van der Waals surface area contributed by atoms with Crippen LogP contribution in [0, 0.1) is 0 Å². The first-order valence-electron chi connectivity index (χ1n) is 8.03. The second kappa shape index (κ2) is 10.5. The van der Waals surface area contributed by atoms with E-state index in [0.717, 1.165) is 44.1 Å². The maximum Gasteiger partial charge on any atom is 0.225 e. The lowest BCUT2D eigenvalue weighted by Crippen LogP contribution is -2.32. The van der Waals surface area contributed by atoms with Crippen LogP contribution in [0.5, 0.6) is 5.75 Å². The molecule has 0 spiro atoms. The zero-order valence-corrected chi connectivity index (χ0v) is 14.2. The summed E-state index contributed by atoms with van der Waals surface area (Å²) in [5.74, 6) is 0.936. The third-order valence-electron chi connectivity index (χ3n) is 3.71. The third kappa shape index (κ3) is 6.67. The molecule has 1 aliphatic heterocycles. The molecule has 2 rings (SSSR count). The molecule has 0 saturated carbocycles. The molecule has 5 heteroatoms. The lowest BCUT2D eigenvalue weighted by Gasteiger charge is -2.25. The molecule has 1 aromatic rings. The molecular weight excluding hydrogens is 300 g/mol. The Labute approximate surface area is 139 Å². The van der Waals surface area contributed by atoms with E-state index in [1.807, 2.05) is 24.3 Å². The summed E-state index contributed by atoms with van der Waals surface area (Å²) in [7, 11) is 0. The molecule has 124 valence electrons. The van der Waals surface area contributed by atoms with Gasteiger partial charge >= 0.3 is 0 Å². The number of anilines is 1. The van der Waals surface area contributed by atoms with Crippen LogP contribution in [-0.2, 0) is 4.79 Å². The van der Waals surface area contributed by atoms with E-state index in [1.165, 1.54) is 19.3 Å². The van der Waals surface area contributed by atoms with Crippen LogP contribution in [0.25, 0.3) is 0 Å². The van der Waals surface area contributed by atoms with Gasteiger partial charge in [0.25, 0.3) is 0 Å². The van der Waals surface area contributed by atoms with E-state index in [2.05, 4.69) is 17.1 Å². The summed E-state index contributed by atoms with van der Waals surface area (Å²) in [6.45, 7) is 5.94. The number of halogens is 1. The number of rotatable bonds is 7. The average Bonchev–Trinajstić information content (AvgIpc) is 2.53. The van der Waals surface area contributed by atoms with Gasteiger partial charge in [0.2, 0.25) is 5.91 Å². The van der Waals surface area contributed by atoms with Crippen molar-refractivity contribution >= 4 is 24.0 Å². The van der Waals surface area contributed by atoms with Crippen LogP contribution in [-0.4, -0.2) is 37.0 Å². The summed E-state index contributed by atoms with van der Waals surface area (Å²) in [4.78, 5) is 14.3. The highest BCUT2D eigenvalue weighted by molar-refractivity contribution is 5.90. The largest absolute Gasteiger partial charge is 0.494 e. The van der Waals surface area contributed by atoms with Crippen LogP contribution in [0.1, 0.15) is 39.0 Å². The van der Waals surface area contributed by atoms with E-state index < -0.39 is 0 Å². The van der Waals surface area contributed by atoms with Crippen LogP contribution in [0.2, 0.25) is 0 Å². The number of carbonyl (C=O) groups is 1. The highest BCUT2D eigenvalue weighted by Crippen LogP contribution is 2.16. The first-order chi connectivity index (χ1) is 10.3. The molecule has 1 saturated heterocycles. The number of nitrogens with zero attached hydrogens (tertiary/aromatic N) is 1. The minimum absolute atomic E-state index is 0. The van der Waals surface area contributed by atoms with Gasteiger partial charge in [-0.3, -0.25) is 4.79 Å². The van der Waals surface area contributed by atoms with Crippen molar-refractivity contribution in [1.82, 2.24) is 4.90 Å². The standard InChI is InChI=1S/C17H26N2O2.ClH/c1-2-14-21-16-8-6-15(7-9-16)18-17(20)10-13-19-11-4-3-5-12-19;/h6-9H,2-5,10-14H2,1H3,(H,18,20);1H. The van der Waals surface area contributed by atoms with Crippen LogP contribution in [0.4, 0.5) is 5.69 Å². The molecule has 0 radical (unpaired) electrons. The van der Waals surface area contributed by atoms with Gasteiger partial charge in [-0.15, -0.1) is 12.4 Å². The normalized spacial score (nSPS) is 15.0. The number of amides is 1. The summed E-state index contributed by atoms with van der Waals surface area (Å²) in [6.07, 6.45) is 5.42. The van der Waals surface area contributed by atoms with Gasteiger partial charge in [0.15, 0.2) is 0 Å². The van der Waals surface area contributed by atoms with Crippen LogP contribution in [0.15, 0.2) is 24.3 Å². The highest BCUT2D eigenvalue weighted by atomic mass is 35.5. The maximum absolute atomic E-state index is 11.9. The molecular formula is C17H27ClN2O2. The van der Waals surface area contributed by atoms with Gasteiger partial charge in [0, 0.05) is 18.7 Å². The summed E-state index contributed by atoms with van der Waals surface area (Å²) in [6, 6.07) is 7.58. The number of benzene rings is 1.